The first-order valence-corrected chi connectivity index (χ1v) is 12.8. The molecule has 3 saturated carbocycles. The van der Waals surface area contributed by atoms with Crippen LogP contribution in [-0.4, -0.2) is 22.4 Å². The fraction of sp³-hybridized carbons (Fsp3) is 0.926. The van der Waals surface area contributed by atoms with Gasteiger partial charge >= 0.3 is 0 Å². The van der Waals surface area contributed by atoms with Gasteiger partial charge in [0.1, 0.15) is 0 Å². The quantitative estimate of drug-likeness (QED) is 0.509. The highest BCUT2D eigenvalue weighted by atomic mass is 16.3. The minimum Gasteiger partial charge on any atom is -0.393 e. The number of allylic oxidation sites excluding steroid dienone is 1. The number of fused-ring (bicyclic) bond motifs is 5. The van der Waals surface area contributed by atoms with E-state index < -0.39 is 0 Å². The van der Waals surface area contributed by atoms with Gasteiger partial charge in [-0.2, -0.15) is 0 Å². The Balaban J connectivity index is 0.00000117. The molecule has 0 bridgehead atoms. The second-order valence-electron chi connectivity index (χ2n) is 11.3. The molecule has 4 rings (SSSR count). The largest absolute Gasteiger partial charge is 0.393 e. The smallest absolute Gasteiger partial charge is 0.0577 e. The van der Waals surface area contributed by atoms with Crippen LogP contribution >= 0.6 is 0 Å². The van der Waals surface area contributed by atoms with Crippen molar-refractivity contribution in [2.24, 2.45) is 40.4 Å². The summed E-state index contributed by atoms with van der Waals surface area (Å²) in [7, 11) is 0. The first-order chi connectivity index (χ1) is 13.8. The van der Waals surface area contributed by atoms with E-state index in [9.17, 15) is 10.2 Å². The zero-order chi connectivity index (χ0) is 21.4. The van der Waals surface area contributed by atoms with Crippen molar-refractivity contribution in [2.75, 3.05) is 0 Å². The SMILES string of the molecule is CC.CC(O)CCC(C)C1CCC2C3CC=C4CC(O)CCC4(C)C3CCC12C. The Morgan fingerprint density at radius 1 is 1.00 bits per heavy atom. The number of rotatable bonds is 4. The maximum absolute atomic E-state index is 10.2. The van der Waals surface area contributed by atoms with E-state index in [-0.39, 0.29) is 12.2 Å². The fourth-order valence-electron chi connectivity index (χ4n) is 8.32. The minimum absolute atomic E-state index is 0.0969. The molecule has 2 nitrogen and oxygen atoms in total. The summed E-state index contributed by atoms with van der Waals surface area (Å²) in [5.74, 6) is 4.17. The summed E-state index contributed by atoms with van der Waals surface area (Å²) in [6, 6.07) is 0. The predicted molar refractivity (Wildman–Crippen MR) is 123 cm³/mol. The third-order valence-electron chi connectivity index (χ3n) is 9.88. The highest BCUT2D eigenvalue weighted by Crippen LogP contribution is 2.67. The van der Waals surface area contributed by atoms with E-state index in [1.807, 2.05) is 20.8 Å². The van der Waals surface area contributed by atoms with Crippen LogP contribution in [-0.2, 0) is 0 Å². The minimum atomic E-state index is -0.156. The molecule has 4 aliphatic rings. The predicted octanol–water partition coefficient (Wildman–Crippen LogP) is 6.75. The van der Waals surface area contributed by atoms with Crippen LogP contribution < -0.4 is 0 Å². The van der Waals surface area contributed by atoms with Gasteiger partial charge in [-0.1, -0.05) is 46.3 Å². The Bertz CT molecular complexity index is 581. The van der Waals surface area contributed by atoms with E-state index in [0.29, 0.717) is 10.8 Å². The number of aliphatic hydroxyl groups is 2. The molecule has 0 aromatic rings. The van der Waals surface area contributed by atoms with Crippen LogP contribution in [0.1, 0.15) is 106 Å². The van der Waals surface area contributed by atoms with Crippen molar-refractivity contribution in [2.45, 2.75) is 118 Å². The topological polar surface area (TPSA) is 40.5 Å². The molecule has 0 aliphatic heterocycles. The van der Waals surface area contributed by atoms with E-state index in [4.69, 9.17) is 0 Å². The van der Waals surface area contributed by atoms with Crippen LogP contribution in [0.5, 0.6) is 0 Å². The lowest BCUT2D eigenvalue weighted by atomic mass is 9.47. The molecule has 29 heavy (non-hydrogen) atoms. The average molecular weight is 405 g/mol. The number of hydrogen-bond donors (Lipinski definition) is 2. The highest BCUT2D eigenvalue weighted by molar-refractivity contribution is 5.25. The lowest BCUT2D eigenvalue weighted by Crippen LogP contribution is -2.50. The third-order valence-corrected chi connectivity index (χ3v) is 9.88. The van der Waals surface area contributed by atoms with Crippen molar-refractivity contribution >= 4 is 0 Å². The molecule has 0 radical (unpaired) electrons. The normalized spacial score (nSPS) is 45.7. The summed E-state index contributed by atoms with van der Waals surface area (Å²) in [4.78, 5) is 0. The monoisotopic (exact) mass is 404 g/mol. The Kier molecular flexibility index (Phi) is 7.26. The molecule has 9 atom stereocenters. The summed E-state index contributed by atoms with van der Waals surface area (Å²) < 4.78 is 0. The van der Waals surface area contributed by atoms with E-state index in [1.54, 1.807) is 5.57 Å². The Morgan fingerprint density at radius 2 is 1.72 bits per heavy atom. The van der Waals surface area contributed by atoms with Crippen molar-refractivity contribution in [3.63, 3.8) is 0 Å². The molecular weight excluding hydrogens is 356 g/mol. The van der Waals surface area contributed by atoms with Gasteiger partial charge in [0.25, 0.3) is 0 Å². The zero-order valence-corrected chi connectivity index (χ0v) is 20.1. The molecule has 3 fully saturated rings. The van der Waals surface area contributed by atoms with Crippen molar-refractivity contribution in [3.8, 4) is 0 Å². The van der Waals surface area contributed by atoms with Gasteiger partial charge in [-0.05, 0) is 112 Å². The summed E-state index contributed by atoms with van der Waals surface area (Å²) in [6.07, 6.45) is 14.4. The second-order valence-corrected chi connectivity index (χ2v) is 11.3. The summed E-state index contributed by atoms with van der Waals surface area (Å²) in [5.41, 5.74) is 2.46. The Hall–Kier alpha value is -0.340. The van der Waals surface area contributed by atoms with Crippen LogP contribution in [0.25, 0.3) is 0 Å². The molecule has 9 unspecified atom stereocenters. The van der Waals surface area contributed by atoms with Crippen molar-refractivity contribution < 1.29 is 10.2 Å². The number of hydrogen-bond acceptors (Lipinski definition) is 2. The van der Waals surface area contributed by atoms with Gasteiger partial charge in [-0.15, -0.1) is 0 Å². The van der Waals surface area contributed by atoms with Crippen molar-refractivity contribution in [1.82, 2.24) is 0 Å². The zero-order valence-electron chi connectivity index (χ0n) is 20.1. The van der Waals surface area contributed by atoms with Crippen LogP contribution in [0, 0.1) is 40.4 Å². The molecule has 0 saturated heterocycles. The molecule has 4 aliphatic carbocycles. The molecule has 0 aromatic carbocycles. The Morgan fingerprint density at radius 3 is 2.41 bits per heavy atom. The Labute approximate surface area is 180 Å². The van der Waals surface area contributed by atoms with Gasteiger partial charge in [0.15, 0.2) is 0 Å². The fourth-order valence-corrected chi connectivity index (χ4v) is 8.32. The average Bonchev–Trinajstić information content (AvgIpc) is 3.05. The van der Waals surface area contributed by atoms with E-state index in [0.717, 1.165) is 48.9 Å². The molecule has 2 N–H and O–H groups in total. The third kappa shape index (κ3) is 4.10. The van der Waals surface area contributed by atoms with Crippen molar-refractivity contribution in [3.05, 3.63) is 11.6 Å². The summed E-state index contributed by atoms with van der Waals surface area (Å²) in [5, 5.41) is 19.9. The van der Waals surface area contributed by atoms with E-state index >= 15 is 0 Å². The van der Waals surface area contributed by atoms with Crippen LogP contribution in [0.4, 0.5) is 0 Å². The first-order valence-electron chi connectivity index (χ1n) is 12.8. The van der Waals surface area contributed by atoms with Crippen molar-refractivity contribution in [1.29, 1.82) is 0 Å². The first kappa shape index (κ1) is 23.3. The summed E-state index contributed by atoms with van der Waals surface area (Å²) >= 11 is 0. The molecule has 0 spiro atoms. The number of aliphatic hydroxyl groups excluding tert-OH is 2. The van der Waals surface area contributed by atoms with Crippen LogP contribution in [0.2, 0.25) is 0 Å². The summed E-state index contributed by atoms with van der Waals surface area (Å²) in [6.45, 7) is 13.5. The maximum Gasteiger partial charge on any atom is 0.0577 e. The lowest BCUT2D eigenvalue weighted by molar-refractivity contribution is -0.0577. The molecule has 168 valence electrons. The molecule has 0 amide bonds. The highest BCUT2D eigenvalue weighted by Gasteiger charge is 2.59. The molecule has 0 aromatic heterocycles. The van der Waals surface area contributed by atoms with Gasteiger partial charge in [-0.25, -0.2) is 0 Å². The molecular formula is C27H48O2. The van der Waals surface area contributed by atoms with Gasteiger partial charge in [-0.3, -0.25) is 0 Å². The van der Waals surface area contributed by atoms with Gasteiger partial charge in [0.05, 0.1) is 12.2 Å². The van der Waals surface area contributed by atoms with E-state index in [2.05, 4.69) is 26.8 Å². The maximum atomic E-state index is 10.2. The van der Waals surface area contributed by atoms with E-state index in [1.165, 1.54) is 44.9 Å². The second kappa shape index (κ2) is 9.03. The molecule has 2 heteroatoms. The standard InChI is InChI=1S/C25H42O2.C2H6/c1-16(5-6-17(2)26)21-9-10-22-20-8-7-18-15-19(27)11-13-24(18,3)23(20)12-14-25(21,22)4;1-2/h7,16-17,19-23,26-27H,5-6,8-15H2,1-4H3;1-2H3. The van der Waals surface area contributed by atoms with Crippen LogP contribution in [0.3, 0.4) is 0 Å². The lowest BCUT2D eigenvalue weighted by Gasteiger charge is -2.58. The van der Waals surface area contributed by atoms with Crippen LogP contribution in [0.15, 0.2) is 11.6 Å². The van der Waals surface area contributed by atoms with Gasteiger partial charge in [0.2, 0.25) is 0 Å². The van der Waals surface area contributed by atoms with Gasteiger partial charge in [0, 0.05) is 0 Å². The molecule has 0 heterocycles. The van der Waals surface area contributed by atoms with Gasteiger partial charge < -0.3 is 10.2 Å².